The van der Waals surface area contributed by atoms with Crippen molar-refractivity contribution in [3.8, 4) is 5.75 Å². The van der Waals surface area contributed by atoms with Crippen molar-refractivity contribution in [2.75, 3.05) is 6.54 Å². The molecule has 0 radical (unpaired) electrons. The van der Waals surface area contributed by atoms with E-state index in [4.69, 9.17) is 23.2 Å². The minimum Gasteiger partial charge on any atom is -0.506 e. The van der Waals surface area contributed by atoms with Crippen molar-refractivity contribution < 1.29 is 10.2 Å². The zero-order valence-corrected chi connectivity index (χ0v) is 11.5. The molecule has 1 fully saturated rings. The summed E-state index contributed by atoms with van der Waals surface area (Å²) in [5.74, 6) is 0.594. The fourth-order valence-electron chi connectivity index (χ4n) is 2.40. The molecule has 2 unspecified atom stereocenters. The van der Waals surface area contributed by atoms with Crippen molar-refractivity contribution in [1.29, 1.82) is 0 Å². The SMILES string of the molecule is Oc1c(Cl)cc(Cl)cc1CNCC1CCC(O)C1. The molecule has 0 bridgehead atoms. The summed E-state index contributed by atoms with van der Waals surface area (Å²) in [6.45, 7) is 1.36. The van der Waals surface area contributed by atoms with Crippen LogP contribution in [0.2, 0.25) is 10.0 Å². The molecule has 5 heteroatoms. The number of phenolic OH excluding ortho intramolecular Hbond substituents is 1. The first-order chi connectivity index (χ1) is 8.56. The Labute approximate surface area is 117 Å². The van der Waals surface area contributed by atoms with E-state index in [0.717, 1.165) is 25.8 Å². The van der Waals surface area contributed by atoms with Crippen molar-refractivity contribution >= 4 is 23.2 Å². The number of aliphatic hydroxyl groups excluding tert-OH is 1. The zero-order valence-electron chi connectivity index (χ0n) is 10.00. The first-order valence-corrected chi connectivity index (χ1v) is 6.87. The highest BCUT2D eigenvalue weighted by atomic mass is 35.5. The molecule has 1 saturated carbocycles. The van der Waals surface area contributed by atoms with Crippen LogP contribution in [0.25, 0.3) is 0 Å². The largest absolute Gasteiger partial charge is 0.506 e. The van der Waals surface area contributed by atoms with Gasteiger partial charge in [0.15, 0.2) is 0 Å². The van der Waals surface area contributed by atoms with E-state index in [1.807, 2.05) is 0 Å². The van der Waals surface area contributed by atoms with E-state index < -0.39 is 0 Å². The summed E-state index contributed by atoms with van der Waals surface area (Å²) >= 11 is 11.7. The van der Waals surface area contributed by atoms with E-state index in [9.17, 15) is 10.2 Å². The van der Waals surface area contributed by atoms with Gasteiger partial charge in [-0.1, -0.05) is 23.2 Å². The van der Waals surface area contributed by atoms with Crippen LogP contribution in [0.4, 0.5) is 0 Å². The number of phenols is 1. The van der Waals surface area contributed by atoms with Crippen LogP contribution in [0.3, 0.4) is 0 Å². The molecule has 1 aromatic rings. The van der Waals surface area contributed by atoms with Crippen molar-refractivity contribution in [3.63, 3.8) is 0 Å². The standard InChI is InChI=1S/C13H17Cl2NO2/c14-10-4-9(13(18)12(15)5-10)7-16-6-8-1-2-11(17)3-8/h4-5,8,11,16-18H,1-3,6-7H2. The van der Waals surface area contributed by atoms with Gasteiger partial charge in [-0.15, -0.1) is 0 Å². The predicted molar refractivity (Wildman–Crippen MR) is 73.2 cm³/mol. The number of rotatable bonds is 4. The van der Waals surface area contributed by atoms with Gasteiger partial charge < -0.3 is 15.5 Å². The molecular weight excluding hydrogens is 273 g/mol. The van der Waals surface area contributed by atoms with Crippen LogP contribution in [-0.4, -0.2) is 22.9 Å². The lowest BCUT2D eigenvalue weighted by atomic mass is 10.1. The van der Waals surface area contributed by atoms with E-state index in [1.54, 1.807) is 6.07 Å². The molecule has 0 aliphatic heterocycles. The molecular formula is C13H17Cl2NO2. The Hall–Kier alpha value is -0.480. The second-order valence-corrected chi connectivity index (χ2v) is 5.70. The van der Waals surface area contributed by atoms with Gasteiger partial charge in [0.25, 0.3) is 0 Å². The van der Waals surface area contributed by atoms with E-state index in [1.165, 1.54) is 6.07 Å². The van der Waals surface area contributed by atoms with Crippen molar-refractivity contribution in [2.45, 2.75) is 31.9 Å². The van der Waals surface area contributed by atoms with Crippen LogP contribution in [0.5, 0.6) is 5.75 Å². The number of hydrogen-bond donors (Lipinski definition) is 3. The molecule has 0 saturated heterocycles. The first-order valence-electron chi connectivity index (χ1n) is 6.12. The van der Waals surface area contributed by atoms with Gasteiger partial charge in [0.05, 0.1) is 11.1 Å². The Morgan fingerprint density at radius 3 is 2.72 bits per heavy atom. The Kier molecular flexibility index (Phi) is 4.73. The lowest BCUT2D eigenvalue weighted by Gasteiger charge is -2.12. The summed E-state index contributed by atoms with van der Waals surface area (Å²) in [7, 11) is 0. The maximum Gasteiger partial charge on any atom is 0.138 e. The number of aliphatic hydroxyl groups is 1. The number of hydrogen-bond acceptors (Lipinski definition) is 3. The lowest BCUT2D eigenvalue weighted by molar-refractivity contribution is 0.177. The quantitative estimate of drug-likeness (QED) is 0.799. The van der Waals surface area contributed by atoms with Gasteiger partial charge >= 0.3 is 0 Å². The number of nitrogens with one attached hydrogen (secondary N) is 1. The van der Waals surface area contributed by atoms with Gasteiger partial charge in [-0.2, -0.15) is 0 Å². The zero-order chi connectivity index (χ0) is 13.1. The minimum absolute atomic E-state index is 0.0834. The van der Waals surface area contributed by atoms with Gasteiger partial charge in [-0.25, -0.2) is 0 Å². The van der Waals surface area contributed by atoms with Crippen LogP contribution in [0.15, 0.2) is 12.1 Å². The minimum atomic E-state index is -0.147. The van der Waals surface area contributed by atoms with Crippen LogP contribution in [-0.2, 0) is 6.54 Å². The highest BCUT2D eigenvalue weighted by Crippen LogP contribution is 2.31. The highest BCUT2D eigenvalue weighted by molar-refractivity contribution is 6.35. The summed E-state index contributed by atoms with van der Waals surface area (Å²) in [5.41, 5.74) is 0.700. The average Bonchev–Trinajstić information content (AvgIpc) is 2.71. The molecule has 0 aromatic heterocycles. The van der Waals surface area contributed by atoms with Gasteiger partial charge in [-0.3, -0.25) is 0 Å². The maximum atomic E-state index is 9.79. The van der Waals surface area contributed by atoms with Gasteiger partial charge in [0.2, 0.25) is 0 Å². The molecule has 1 aromatic carbocycles. The van der Waals surface area contributed by atoms with Crippen molar-refractivity contribution in [3.05, 3.63) is 27.7 Å². The second-order valence-electron chi connectivity index (χ2n) is 4.86. The molecule has 3 nitrogen and oxygen atoms in total. The van der Waals surface area contributed by atoms with Gasteiger partial charge in [0.1, 0.15) is 5.75 Å². The van der Waals surface area contributed by atoms with E-state index in [-0.39, 0.29) is 16.9 Å². The fourth-order valence-corrected chi connectivity index (χ4v) is 2.93. The van der Waals surface area contributed by atoms with E-state index >= 15 is 0 Å². The molecule has 2 rings (SSSR count). The third kappa shape index (κ3) is 3.51. The Morgan fingerprint density at radius 1 is 1.28 bits per heavy atom. The maximum absolute atomic E-state index is 9.79. The normalized spacial score (nSPS) is 23.5. The summed E-state index contributed by atoms with van der Waals surface area (Å²) in [6.07, 6.45) is 2.65. The molecule has 1 aliphatic carbocycles. The molecule has 18 heavy (non-hydrogen) atoms. The number of aromatic hydroxyl groups is 1. The van der Waals surface area contributed by atoms with Crippen molar-refractivity contribution in [1.82, 2.24) is 5.32 Å². The van der Waals surface area contributed by atoms with Crippen LogP contribution < -0.4 is 5.32 Å². The summed E-state index contributed by atoms with van der Waals surface area (Å²) in [4.78, 5) is 0. The fraction of sp³-hybridized carbons (Fsp3) is 0.538. The molecule has 0 spiro atoms. The topological polar surface area (TPSA) is 52.5 Å². The Balaban J connectivity index is 1.87. The van der Waals surface area contributed by atoms with Crippen molar-refractivity contribution in [2.24, 2.45) is 5.92 Å². The summed E-state index contributed by atoms with van der Waals surface area (Å²) in [6, 6.07) is 3.23. The number of halogens is 2. The van der Waals surface area contributed by atoms with Crippen LogP contribution in [0.1, 0.15) is 24.8 Å². The molecule has 1 aliphatic rings. The highest BCUT2D eigenvalue weighted by Gasteiger charge is 2.22. The van der Waals surface area contributed by atoms with Crippen LogP contribution in [0, 0.1) is 5.92 Å². The Bertz CT molecular complexity index is 426. The molecule has 2 atom stereocenters. The Morgan fingerprint density at radius 2 is 2.06 bits per heavy atom. The van der Waals surface area contributed by atoms with E-state index in [2.05, 4.69) is 5.32 Å². The molecule has 0 amide bonds. The molecule has 3 N–H and O–H groups in total. The smallest absolute Gasteiger partial charge is 0.138 e. The monoisotopic (exact) mass is 289 g/mol. The molecule has 100 valence electrons. The van der Waals surface area contributed by atoms with Gasteiger partial charge in [-0.05, 0) is 43.9 Å². The third-order valence-electron chi connectivity index (χ3n) is 3.37. The third-order valence-corrected chi connectivity index (χ3v) is 3.88. The predicted octanol–water partition coefficient (Wildman–Crippen LogP) is 2.95. The number of benzene rings is 1. The molecule has 0 heterocycles. The lowest BCUT2D eigenvalue weighted by Crippen LogP contribution is -2.21. The van der Waals surface area contributed by atoms with Crippen LogP contribution >= 0.6 is 23.2 Å². The first kappa shape index (κ1) is 13.9. The van der Waals surface area contributed by atoms with Gasteiger partial charge in [0, 0.05) is 17.1 Å². The second kappa shape index (κ2) is 6.11. The summed E-state index contributed by atoms with van der Waals surface area (Å²) in [5, 5.41) is 23.3. The van der Waals surface area contributed by atoms with E-state index in [0.29, 0.717) is 23.0 Å². The average molecular weight is 290 g/mol. The summed E-state index contributed by atoms with van der Waals surface area (Å²) < 4.78 is 0.